The molecule has 0 aliphatic rings. The average Bonchev–Trinajstić information content (AvgIpc) is 2.77. The SMILES string of the molecule is CCCNC(CCC)Cc1cc2n[nH]c(=O)n2cn1. The highest BCUT2D eigenvalue weighted by molar-refractivity contribution is 5.36. The van der Waals surface area contributed by atoms with Crippen LogP contribution >= 0.6 is 0 Å². The molecule has 6 nitrogen and oxygen atoms in total. The van der Waals surface area contributed by atoms with Crippen molar-refractivity contribution < 1.29 is 0 Å². The van der Waals surface area contributed by atoms with E-state index >= 15 is 0 Å². The zero-order valence-electron chi connectivity index (χ0n) is 11.5. The molecule has 0 saturated heterocycles. The summed E-state index contributed by atoms with van der Waals surface area (Å²) in [6.45, 7) is 5.37. The van der Waals surface area contributed by atoms with Crippen molar-refractivity contribution in [3.63, 3.8) is 0 Å². The van der Waals surface area contributed by atoms with Gasteiger partial charge >= 0.3 is 5.69 Å². The highest BCUT2D eigenvalue weighted by atomic mass is 16.1. The Labute approximate surface area is 112 Å². The van der Waals surface area contributed by atoms with Gasteiger partial charge in [0.1, 0.15) is 6.33 Å². The van der Waals surface area contributed by atoms with Crippen molar-refractivity contribution >= 4 is 5.65 Å². The minimum atomic E-state index is -0.247. The summed E-state index contributed by atoms with van der Waals surface area (Å²) >= 11 is 0. The van der Waals surface area contributed by atoms with E-state index in [1.54, 1.807) is 6.33 Å². The van der Waals surface area contributed by atoms with Crippen LogP contribution in [0.4, 0.5) is 0 Å². The molecule has 2 heterocycles. The van der Waals surface area contributed by atoms with E-state index in [1.165, 1.54) is 4.40 Å². The molecule has 0 aliphatic carbocycles. The van der Waals surface area contributed by atoms with Crippen LogP contribution in [0.25, 0.3) is 5.65 Å². The summed E-state index contributed by atoms with van der Waals surface area (Å²) < 4.78 is 1.41. The zero-order chi connectivity index (χ0) is 13.7. The second kappa shape index (κ2) is 6.47. The van der Waals surface area contributed by atoms with Crippen LogP contribution in [0.2, 0.25) is 0 Å². The molecule has 0 fully saturated rings. The average molecular weight is 263 g/mol. The quantitative estimate of drug-likeness (QED) is 0.785. The van der Waals surface area contributed by atoms with Gasteiger partial charge in [0.05, 0.1) is 0 Å². The van der Waals surface area contributed by atoms with Gasteiger partial charge in [-0.15, -0.1) is 0 Å². The van der Waals surface area contributed by atoms with Gasteiger partial charge in [0, 0.05) is 24.2 Å². The van der Waals surface area contributed by atoms with Crippen molar-refractivity contribution in [3.05, 3.63) is 28.6 Å². The van der Waals surface area contributed by atoms with Gasteiger partial charge in [0.25, 0.3) is 0 Å². The standard InChI is InChI=1S/C13H21N5O/c1-3-5-10(14-6-4-2)7-11-8-12-16-17-13(19)18(12)9-15-11/h8-10,14H,3-7H2,1-2H3,(H,17,19). The zero-order valence-corrected chi connectivity index (χ0v) is 11.5. The monoisotopic (exact) mass is 263 g/mol. The molecule has 2 N–H and O–H groups in total. The Bertz CT molecular complexity index is 574. The normalized spacial score (nSPS) is 12.9. The third-order valence-corrected chi connectivity index (χ3v) is 3.14. The van der Waals surface area contributed by atoms with Crippen LogP contribution < -0.4 is 11.0 Å². The first-order valence-electron chi connectivity index (χ1n) is 6.89. The van der Waals surface area contributed by atoms with Crippen molar-refractivity contribution in [2.75, 3.05) is 6.54 Å². The maximum absolute atomic E-state index is 11.3. The molecule has 2 aromatic rings. The molecule has 2 aromatic heterocycles. The predicted molar refractivity (Wildman–Crippen MR) is 74.3 cm³/mol. The predicted octanol–water partition coefficient (Wildman–Crippen LogP) is 1.13. The third kappa shape index (κ3) is 3.41. The largest absolute Gasteiger partial charge is 0.348 e. The highest BCUT2D eigenvalue weighted by Gasteiger charge is 2.10. The second-order valence-corrected chi connectivity index (χ2v) is 4.78. The molecule has 2 rings (SSSR count). The number of hydrogen-bond donors (Lipinski definition) is 2. The first-order valence-corrected chi connectivity index (χ1v) is 6.89. The lowest BCUT2D eigenvalue weighted by molar-refractivity contribution is 0.469. The van der Waals surface area contributed by atoms with E-state index in [0.717, 1.165) is 37.9 Å². The van der Waals surface area contributed by atoms with Crippen LogP contribution in [-0.4, -0.2) is 32.2 Å². The fourth-order valence-electron chi connectivity index (χ4n) is 2.19. The van der Waals surface area contributed by atoms with Crippen molar-refractivity contribution in [3.8, 4) is 0 Å². The van der Waals surface area contributed by atoms with Crippen molar-refractivity contribution in [2.24, 2.45) is 0 Å². The van der Waals surface area contributed by atoms with Crippen LogP contribution in [0.15, 0.2) is 17.2 Å². The fraction of sp³-hybridized carbons (Fsp3) is 0.615. The highest BCUT2D eigenvalue weighted by Crippen LogP contribution is 2.07. The van der Waals surface area contributed by atoms with E-state index in [2.05, 4.69) is 34.3 Å². The maximum Gasteiger partial charge on any atom is 0.348 e. The molecule has 1 unspecified atom stereocenters. The van der Waals surface area contributed by atoms with Gasteiger partial charge in [-0.1, -0.05) is 20.3 Å². The number of H-pyrrole nitrogens is 1. The van der Waals surface area contributed by atoms with Crippen molar-refractivity contribution in [1.29, 1.82) is 0 Å². The number of nitrogens with zero attached hydrogens (tertiary/aromatic N) is 3. The van der Waals surface area contributed by atoms with Gasteiger partial charge in [-0.05, 0) is 19.4 Å². The minimum absolute atomic E-state index is 0.247. The third-order valence-electron chi connectivity index (χ3n) is 3.14. The molecule has 0 aliphatic heterocycles. The number of rotatable bonds is 7. The molecule has 19 heavy (non-hydrogen) atoms. The van der Waals surface area contributed by atoms with Crippen LogP contribution in [0, 0.1) is 0 Å². The summed E-state index contributed by atoms with van der Waals surface area (Å²) in [5.74, 6) is 0. The number of hydrogen-bond acceptors (Lipinski definition) is 4. The minimum Gasteiger partial charge on any atom is -0.314 e. The van der Waals surface area contributed by atoms with Crippen LogP contribution in [-0.2, 0) is 6.42 Å². The second-order valence-electron chi connectivity index (χ2n) is 4.78. The van der Waals surface area contributed by atoms with E-state index < -0.39 is 0 Å². The number of aromatic nitrogens is 4. The number of aromatic amines is 1. The number of fused-ring (bicyclic) bond motifs is 1. The lowest BCUT2D eigenvalue weighted by Gasteiger charge is -2.17. The molecule has 1 atom stereocenters. The topological polar surface area (TPSA) is 75.1 Å². The molecular weight excluding hydrogens is 242 g/mol. The summed E-state index contributed by atoms with van der Waals surface area (Å²) in [5.41, 5.74) is 1.34. The molecule has 0 spiro atoms. The molecule has 0 bridgehead atoms. The Kier molecular flexibility index (Phi) is 4.68. The Morgan fingerprint density at radius 2 is 2.26 bits per heavy atom. The van der Waals surface area contributed by atoms with Crippen LogP contribution in [0.5, 0.6) is 0 Å². The van der Waals surface area contributed by atoms with E-state index in [0.29, 0.717) is 11.7 Å². The van der Waals surface area contributed by atoms with Crippen LogP contribution in [0.3, 0.4) is 0 Å². The summed E-state index contributed by atoms with van der Waals surface area (Å²) in [4.78, 5) is 15.7. The maximum atomic E-state index is 11.3. The Hall–Kier alpha value is -1.69. The van der Waals surface area contributed by atoms with Gasteiger partial charge in [-0.3, -0.25) is 0 Å². The molecule has 0 radical (unpaired) electrons. The smallest absolute Gasteiger partial charge is 0.314 e. The van der Waals surface area contributed by atoms with Crippen LogP contribution in [0.1, 0.15) is 38.8 Å². The van der Waals surface area contributed by atoms with Gasteiger partial charge in [-0.2, -0.15) is 5.10 Å². The van der Waals surface area contributed by atoms with Gasteiger partial charge in [0.2, 0.25) is 0 Å². The number of nitrogens with one attached hydrogen (secondary N) is 2. The first-order chi connectivity index (χ1) is 9.24. The molecule has 0 aromatic carbocycles. The lowest BCUT2D eigenvalue weighted by atomic mass is 10.1. The van der Waals surface area contributed by atoms with Gasteiger partial charge in [0.15, 0.2) is 5.65 Å². The summed E-state index contributed by atoms with van der Waals surface area (Å²) in [6.07, 6.45) is 5.80. The Morgan fingerprint density at radius 3 is 3.00 bits per heavy atom. The summed E-state index contributed by atoms with van der Waals surface area (Å²) in [6, 6.07) is 2.30. The first kappa shape index (κ1) is 13.7. The van der Waals surface area contributed by atoms with Crippen molar-refractivity contribution in [2.45, 2.75) is 45.6 Å². The van der Waals surface area contributed by atoms with Gasteiger partial charge in [-0.25, -0.2) is 19.3 Å². The summed E-state index contributed by atoms with van der Waals surface area (Å²) in [7, 11) is 0. The fourth-order valence-corrected chi connectivity index (χ4v) is 2.19. The van der Waals surface area contributed by atoms with Crippen molar-refractivity contribution in [1.82, 2.24) is 24.9 Å². The van der Waals surface area contributed by atoms with Gasteiger partial charge < -0.3 is 5.32 Å². The summed E-state index contributed by atoms with van der Waals surface area (Å²) in [5, 5.41) is 9.91. The Balaban J connectivity index is 2.11. The Morgan fingerprint density at radius 1 is 1.42 bits per heavy atom. The molecule has 0 amide bonds. The van der Waals surface area contributed by atoms with E-state index in [-0.39, 0.29) is 5.69 Å². The molecule has 6 heteroatoms. The molecule has 0 saturated carbocycles. The van der Waals surface area contributed by atoms with E-state index in [9.17, 15) is 4.79 Å². The lowest BCUT2D eigenvalue weighted by Crippen LogP contribution is -2.32. The molecular formula is C13H21N5O. The van der Waals surface area contributed by atoms with E-state index in [1.807, 2.05) is 6.07 Å². The molecule has 104 valence electrons. The van der Waals surface area contributed by atoms with E-state index in [4.69, 9.17) is 0 Å².